The van der Waals surface area contributed by atoms with Gasteiger partial charge in [-0.3, -0.25) is 5.32 Å². The first kappa shape index (κ1) is 10.5. The van der Waals surface area contributed by atoms with Crippen molar-refractivity contribution in [2.24, 2.45) is 10.8 Å². The Morgan fingerprint density at radius 2 is 1.77 bits per heavy atom. The quantitative estimate of drug-likeness (QED) is 0.723. The lowest BCUT2D eigenvalue weighted by Crippen LogP contribution is -2.32. The minimum Gasteiger partial charge on any atom is -0.298 e. The van der Waals surface area contributed by atoms with Crippen molar-refractivity contribution in [1.82, 2.24) is 5.32 Å². The molecule has 1 rings (SSSR count). The first-order valence-electron chi connectivity index (χ1n) is 5.03. The predicted molar refractivity (Wildman–Crippen MR) is 54.2 cm³/mol. The third-order valence-electron chi connectivity index (χ3n) is 3.95. The second-order valence-electron chi connectivity index (χ2n) is 5.13. The Morgan fingerprint density at radius 3 is 2.00 bits per heavy atom. The third-order valence-corrected chi connectivity index (χ3v) is 3.95. The minimum atomic E-state index is 0.0195. The maximum Gasteiger partial charge on any atom is 0.0952 e. The SMILES string of the molecule is CCC(C#N)NC1C(C)(C)C1(C)C. The average molecular weight is 180 g/mol. The van der Waals surface area contributed by atoms with Crippen LogP contribution in [0.3, 0.4) is 0 Å². The van der Waals surface area contributed by atoms with Crippen LogP contribution >= 0.6 is 0 Å². The highest BCUT2D eigenvalue weighted by molar-refractivity contribution is 5.19. The molecule has 13 heavy (non-hydrogen) atoms. The molecule has 1 saturated carbocycles. The Morgan fingerprint density at radius 1 is 1.31 bits per heavy atom. The Bertz CT molecular complexity index is 221. The van der Waals surface area contributed by atoms with Gasteiger partial charge in [0.1, 0.15) is 0 Å². The number of hydrogen-bond donors (Lipinski definition) is 1. The first-order chi connectivity index (χ1) is 5.87. The molecule has 2 heteroatoms. The van der Waals surface area contributed by atoms with Crippen molar-refractivity contribution in [3.05, 3.63) is 0 Å². The predicted octanol–water partition coefficient (Wildman–Crippen LogP) is 2.31. The van der Waals surface area contributed by atoms with Crippen LogP contribution in [-0.4, -0.2) is 12.1 Å². The molecule has 0 aromatic carbocycles. The summed E-state index contributed by atoms with van der Waals surface area (Å²) in [4.78, 5) is 0. The Hall–Kier alpha value is -0.550. The highest BCUT2D eigenvalue weighted by Crippen LogP contribution is 2.62. The van der Waals surface area contributed by atoms with E-state index in [1.807, 2.05) is 6.92 Å². The third kappa shape index (κ3) is 1.46. The molecule has 0 amide bonds. The van der Waals surface area contributed by atoms with Crippen molar-refractivity contribution in [3.8, 4) is 6.07 Å². The van der Waals surface area contributed by atoms with Crippen LogP contribution < -0.4 is 5.32 Å². The first-order valence-corrected chi connectivity index (χ1v) is 5.03. The molecule has 0 spiro atoms. The van der Waals surface area contributed by atoms with Gasteiger partial charge in [-0.25, -0.2) is 0 Å². The van der Waals surface area contributed by atoms with Crippen molar-refractivity contribution in [3.63, 3.8) is 0 Å². The lowest BCUT2D eigenvalue weighted by molar-refractivity contribution is 0.457. The van der Waals surface area contributed by atoms with Crippen molar-refractivity contribution in [1.29, 1.82) is 5.26 Å². The normalized spacial score (nSPS) is 26.5. The topological polar surface area (TPSA) is 35.8 Å². The smallest absolute Gasteiger partial charge is 0.0952 e. The lowest BCUT2D eigenvalue weighted by Gasteiger charge is -2.10. The van der Waals surface area contributed by atoms with Gasteiger partial charge in [-0.05, 0) is 17.3 Å². The molecule has 1 aliphatic carbocycles. The maximum absolute atomic E-state index is 8.83. The summed E-state index contributed by atoms with van der Waals surface area (Å²) in [5.74, 6) is 0. The molecule has 1 atom stereocenters. The van der Waals surface area contributed by atoms with Crippen LogP contribution in [0, 0.1) is 22.2 Å². The van der Waals surface area contributed by atoms with E-state index in [-0.39, 0.29) is 6.04 Å². The summed E-state index contributed by atoms with van der Waals surface area (Å²) in [5, 5.41) is 12.2. The zero-order chi connectivity index (χ0) is 10.3. The molecule has 0 aromatic rings. The van der Waals surface area contributed by atoms with Crippen LogP contribution in [0.25, 0.3) is 0 Å². The van der Waals surface area contributed by atoms with Gasteiger partial charge in [-0.1, -0.05) is 34.6 Å². The Balaban J connectivity index is 2.56. The van der Waals surface area contributed by atoms with Crippen LogP contribution in [0.1, 0.15) is 41.0 Å². The van der Waals surface area contributed by atoms with Crippen molar-refractivity contribution in [2.45, 2.75) is 53.1 Å². The van der Waals surface area contributed by atoms with Crippen LogP contribution in [0.5, 0.6) is 0 Å². The summed E-state index contributed by atoms with van der Waals surface area (Å²) >= 11 is 0. The minimum absolute atomic E-state index is 0.0195. The lowest BCUT2D eigenvalue weighted by atomic mass is 10.0. The Labute approximate surface area is 81.3 Å². The van der Waals surface area contributed by atoms with E-state index in [4.69, 9.17) is 5.26 Å². The van der Waals surface area contributed by atoms with Crippen molar-refractivity contribution in [2.75, 3.05) is 0 Å². The molecule has 2 nitrogen and oxygen atoms in total. The van der Waals surface area contributed by atoms with E-state index in [1.54, 1.807) is 0 Å². The molecule has 0 aromatic heterocycles. The molecule has 0 heterocycles. The largest absolute Gasteiger partial charge is 0.298 e. The summed E-state index contributed by atoms with van der Waals surface area (Å²) in [6, 6.07) is 2.80. The standard InChI is InChI=1S/C11H20N2/c1-6-8(7-12)13-9-10(2,3)11(9,4)5/h8-9,13H,6H2,1-5H3. The summed E-state index contributed by atoms with van der Waals surface area (Å²) in [6.45, 7) is 11.1. The summed E-state index contributed by atoms with van der Waals surface area (Å²) in [7, 11) is 0. The number of nitriles is 1. The molecule has 0 saturated heterocycles. The Kier molecular flexibility index (Phi) is 2.42. The zero-order valence-corrected chi connectivity index (χ0v) is 9.31. The zero-order valence-electron chi connectivity index (χ0n) is 9.31. The second kappa shape index (κ2) is 2.99. The summed E-state index contributed by atoms with van der Waals surface area (Å²) < 4.78 is 0. The molecular weight excluding hydrogens is 160 g/mol. The molecule has 1 fully saturated rings. The fraction of sp³-hybridized carbons (Fsp3) is 0.909. The van der Waals surface area contributed by atoms with E-state index < -0.39 is 0 Å². The number of rotatable bonds is 3. The van der Waals surface area contributed by atoms with Crippen LogP contribution in [0.2, 0.25) is 0 Å². The molecule has 1 unspecified atom stereocenters. The number of nitrogens with one attached hydrogen (secondary N) is 1. The highest BCUT2D eigenvalue weighted by Gasteiger charge is 2.64. The summed E-state index contributed by atoms with van der Waals surface area (Å²) in [5.41, 5.74) is 0.661. The van der Waals surface area contributed by atoms with Gasteiger partial charge in [0.25, 0.3) is 0 Å². The molecule has 0 bridgehead atoms. The monoisotopic (exact) mass is 180 g/mol. The van der Waals surface area contributed by atoms with Crippen molar-refractivity contribution >= 4 is 0 Å². The van der Waals surface area contributed by atoms with Gasteiger partial charge >= 0.3 is 0 Å². The van der Waals surface area contributed by atoms with E-state index in [2.05, 4.69) is 39.1 Å². The average Bonchev–Trinajstić information content (AvgIpc) is 2.41. The van der Waals surface area contributed by atoms with E-state index in [9.17, 15) is 0 Å². The van der Waals surface area contributed by atoms with E-state index in [1.165, 1.54) is 0 Å². The van der Waals surface area contributed by atoms with Gasteiger partial charge in [0, 0.05) is 6.04 Å². The van der Waals surface area contributed by atoms with Crippen LogP contribution in [0.15, 0.2) is 0 Å². The number of nitrogens with zero attached hydrogens (tertiary/aromatic N) is 1. The highest BCUT2D eigenvalue weighted by atomic mass is 15.1. The maximum atomic E-state index is 8.83. The van der Waals surface area contributed by atoms with Gasteiger partial charge < -0.3 is 0 Å². The molecule has 0 radical (unpaired) electrons. The fourth-order valence-corrected chi connectivity index (χ4v) is 2.06. The van der Waals surface area contributed by atoms with Gasteiger partial charge in [-0.15, -0.1) is 0 Å². The molecule has 0 aliphatic heterocycles. The molecule has 1 aliphatic rings. The van der Waals surface area contributed by atoms with Gasteiger partial charge in [0.15, 0.2) is 0 Å². The summed E-state index contributed by atoms with van der Waals surface area (Å²) in [6.07, 6.45) is 0.888. The van der Waals surface area contributed by atoms with E-state index in [0.29, 0.717) is 16.9 Å². The fourth-order valence-electron chi connectivity index (χ4n) is 2.06. The van der Waals surface area contributed by atoms with Gasteiger partial charge in [-0.2, -0.15) is 5.26 Å². The molecular formula is C11H20N2. The van der Waals surface area contributed by atoms with Crippen molar-refractivity contribution < 1.29 is 0 Å². The molecule has 1 N–H and O–H groups in total. The second-order valence-corrected chi connectivity index (χ2v) is 5.13. The van der Waals surface area contributed by atoms with Crippen LogP contribution in [-0.2, 0) is 0 Å². The molecule has 74 valence electrons. The van der Waals surface area contributed by atoms with Crippen LogP contribution in [0.4, 0.5) is 0 Å². The van der Waals surface area contributed by atoms with E-state index >= 15 is 0 Å². The van der Waals surface area contributed by atoms with Gasteiger partial charge in [0.2, 0.25) is 0 Å². The number of hydrogen-bond acceptors (Lipinski definition) is 2. The van der Waals surface area contributed by atoms with Gasteiger partial charge in [0.05, 0.1) is 12.1 Å². The van der Waals surface area contributed by atoms with E-state index in [0.717, 1.165) is 6.42 Å².